The molecule has 0 amide bonds. The molecule has 0 spiro atoms. The Kier molecular flexibility index (Phi) is 4.94. The number of aryl methyl sites for hydroxylation is 1. The van der Waals surface area contributed by atoms with Crippen LogP contribution in [0.2, 0.25) is 0 Å². The number of nitrogens with one attached hydrogen (secondary N) is 1. The highest BCUT2D eigenvalue weighted by Crippen LogP contribution is 2.26. The van der Waals surface area contributed by atoms with Crippen molar-refractivity contribution < 1.29 is 0 Å². The summed E-state index contributed by atoms with van der Waals surface area (Å²) in [6, 6.07) is 8.63. The molecule has 0 saturated carbocycles. The smallest absolute Gasteiger partial charge is 0.0137 e. The van der Waals surface area contributed by atoms with E-state index in [0.717, 1.165) is 19.5 Å². The maximum atomic E-state index is 5.65. The summed E-state index contributed by atoms with van der Waals surface area (Å²) in [4.78, 5) is 0. The maximum absolute atomic E-state index is 5.65. The Morgan fingerprint density at radius 2 is 1.72 bits per heavy atom. The molecule has 2 heteroatoms. The summed E-state index contributed by atoms with van der Waals surface area (Å²) in [5, 5.41) is 3.65. The second kappa shape index (κ2) is 5.85. The molecule has 0 atom stereocenters. The molecular formula is C16H28N2. The molecular weight excluding hydrogens is 220 g/mol. The zero-order valence-corrected chi connectivity index (χ0v) is 12.5. The van der Waals surface area contributed by atoms with Crippen LogP contribution in [0.25, 0.3) is 0 Å². The molecule has 1 aromatic rings. The average Bonchev–Trinajstić information content (AvgIpc) is 2.27. The third-order valence-corrected chi connectivity index (χ3v) is 3.65. The first-order valence-corrected chi connectivity index (χ1v) is 6.80. The number of benzene rings is 1. The molecule has 102 valence electrons. The molecule has 0 aliphatic rings. The van der Waals surface area contributed by atoms with Gasteiger partial charge in [-0.2, -0.15) is 0 Å². The van der Waals surface area contributed by atoms with Crippen LogP contribution >= 0.6 is 0 Å². The molecule has 0 unspecified atom stereocenters. The Morgan fingerprint density at radius 3 is 2.28 bits per heavy atom. The molecule has 1 rings (SSSR count). The molecule has 0 aromatic heterocycles. The molecule has 0 aliphatic heterocycles. The van der Waals surface area contributed by atoms with Crippen LogP contribution in [0.15, 0.2) is 24.3 Å². The standard InChI is InChI=1S/C16H28N2/c1-13-8-6-7-9-14(13)15(2,3)12-18-16(4,5)10-11-17/h6-9,18H,10-12,17H2,1-5H3. The monoisotopic (exact) mass is 248 g/mol. The largest absolute Gasteiger partial charge is 0.330 e. The predicted octanol–water partition coefficient (Wildman–Crippen LogP) is 2.99. The van der Waals surface area contributed by atoms with E-state index in [1.165, 1.54) is 11.1 Å². The van der Waals surface area contributed by atoms with Gasteiger partial charge < -0.3 is 11.1 Å². The van der Waals surface area contributed by atoms with Gasteiger partial charge in [0.15, 0.2) is 0 Å². The Labute approximate surface area is 112 Å². The zero-order valence-electron chi connectivity index (χ0n) is 12.5. The van der Waals surface area contributed by atoms with E-state index in [9.17, 15) is 0 Å². The predicted molar refractivity (Wildman–Crippen MR) is 80.0 cm³/mol. The number of rotatable bonds is 6. The second-order valence-corrected chi connectivity index (χ2v) is 6.47. The highest BCUT2D eigenvalue weighted by Gasteiger charge is 2.25. The molecule has 0 saturated heterocycles. The van der Waals surface area contributed by atoms with Crippen molar-refractivity contribution in [3.63, 3.8) is 0 Å². The summed E-state index contributed by atoms with van der Waals surface area (Å²) in [5.74, 6) is 0. The fourth-order valence-electron chi connectivity index (χ4n) is 2.34. The van der Waals surface area contributed by atoms with Crippen molar-refractivity contribution in [1.82, 2.24) is 5.32 Å². The molecule has 18 heavy (non-hydrogen) atoms. The van der Waals surface area contributed by atoms with Crippen molar-refractivity contribution in [3.8, 4) is 0 Å². The third-order valence-electron chi connectivity index (χ3n) is 3.65. The summed E-state index contributed by atoms with van der Waals surface area (Å²) in [6.45, 7) is 12.9. The van der Waals surface area contributed by atoms with Crippen LogP contribution in [0.5, 0.6) is 0 Å². The van der Waals surface area contributed by atoms with Crippen LogP contribution in [0, 0.1) is 6.92 Å². The van der Waals surface area contributed by atoms with E-state index in [0.29, 0.717) is 0 Å². The number of hydrogen-bond donors (Lipinski definition) is 2. The van der Waals surface area contributed by atoms with E-state index in [2.05, 4.69) is 64.2 Å². The Balaban J connectivity index is 2.74. The molecule has 0 bridgehead atoms. The van der Waals surface area contributed by atoms with E-state index >= 15 is 0 Å². The van der Waals surface area contributed by atoms with E-state index < -0.39 is 0 Å². The fraction of sp³-hybridized carbons (Fsp3) is 0.625. The molecule has 0 heterocycles. The normalized spacial score (nSPS) is 12.8. The van der Waals surface area contributed by atoms with Crippen LogP contribution in [-0.4, -0.2) is 18.6 Å². The van der Waals surface area contributed by atoms with E-state index in [1.807, 2.05) is 0 Å². The second-order valence-electron chi connectivity index (χ2n) is 6.47. The Hall–Kier alpha value is -0.860. The maximum Gasteiger partial charge on any atom is 0.0137 e. The van der Waals surface area contributed by atoms with E-state index in [-0.39, 0.29) is 11.0 Å². The van der Waals surface area contributed by atoms with Crippen molar-refractivity contribution in [3.05, 3.63) is 35.4 Å². The van der Waals surface area contributed by atoms with E-state index in [1.54, 1.807) is 0 Å². The lowest BCUT2D eigenvalue weighted by molar-refractivity contribution is 0.325. The van der Waals surface area contributed by atoms with Gasteiger partial charge in [0.25, 0.3) is 0 Å². The Morgan fingerprint density at radius 1 is 1.11 bits per heavy atom. The van der Waals surface area contributed by atoms with Gasteiger partial charge in [0, 0.05) is 17.5 Å². The molecule has 0 radical (unpaired) electrons. The molecule has 1 aromatic carbocycles. The van der Waals surface area contributed by atoms with Crippen molar-refractivity contribution in [2.24, 2.45) is 5.73 Å². The first kappa shape index (κ1) is 15.2. The van der Waals surface area contributed by atoms with Crippen LogP contribution in [0.3, 0.4) is 0 Å². The lowest BCUT2D eigenvalue weighted by Gasteiger charge is -2.34. The van der Waals surface area contributed by atoms with Gasteiger partial charge in [0.05, 0.1) is 0 Å². The van der Waals surface area contributed by atoms with Gasteiger partial charge in [-0.25, -0.2) is 0 Å². The highest BCUT2D eigenvalue weighted by atomic mass is 15.0. The van der Waals surface area contributed by atoms with Gasteiger partial charge >= 0.3 is 0 Å². The first-order valence-electron chi connectivity index (χ1n) is 6.80. The summed E-state index contributed by atoms with van der Waals surface area (Å²) < 4.78 is 0. The first-order chi connectivity index (χ1) is 8.28. The van der Waals surface area contributed by atoms with Crippen molar-refractivity contribution >= 4 is 0 Å². The van der Waals surface area contributed by atoms with Crippen molar-refractivity contribution in [1.29, 1.82) is 0 Å². The van der Waals surface area contributed by atoms with Gasteiger partial charge in [0.2, 0.25) is 0 Å². The minimum absolute atomic E-state index is 0.106. The van der Waals surface area contributed by atoms with Crippen LogP contribution < -0.4 is 11.1 Å². The lowest BCUT2D eigenvalue weighted by atomic mass is 9.81. The molecule has 2 nitrogen and oxygen atoms in total. The fourth-order valence-corrected chi connectivity index (χ4v) is 2.34. The minimum atomic E-state index is 0.106. The van der Waals surface area contributed by atoms with Gasteiger partial charge in [-0.1, -0.05) is 38.1 Å². The summed E-state index contributed by atoms with van der Waals surface area (Å²) in [6.07, 6.45) is 0.997. The summed E-state index contributed by atoms with van der Waals surface area (Å²) >= 11 is 0. The quantitative estimate of drug-likeness (QED) is 0.812. The van der Waals surface area contributed by atoms with E-state index in [4.69, 9.17) is 5.73 Å². The number of nitrogens with two attached hydrogens (primary N) is 1. The Bertz CT molecular complexity index is 380. The zero-order chi connectivity index (χ0) is 13.8. The van der Waals surface area contributed by atoms with Crippen molar-refractivity contribution in [2.45, 2.75) is 52.0 Å². The number of hydrogen-bond acceptors (Lipinski definition) is 2. The third kappa shape index (κ3) is 4.11. The summed E-state index contributed by atoms with van der Waals surface area (Å²) in [5.41, 5.74) is 8.67. The van der Waals surface area contributed by atoms with Gasteiger partial charge in [0.1, 0.15) is 0 Å². The SMILES string of the molecule is Cc1ccccc1C(C)(C)CNC(C)(C)CCN. The molecule has 0 fully saturated rings. The molecule has 3 N–H and O–H groups in total. The lowest BCUT2D eigenvalue weighted by Crippen LogP contribution is -2.46. The van der Waals surface area contributed by atoms with Crippen molar-refractivity contribution in [2.75, 3.05) is 13.1 Å². The minimum Gasteiger partial charge on any atom is -0.330 e. The highest BCUT2D eigenvalue weighted by molar-refractivity contribution is 5.32. The van der Waals surface area contributed by atoms with Gasteiger partial charge in [-0.3, -0.25) is 0 Å². The van der Waals surface area contributed by atoms with Crippen LogP contribution in [0.1, 0.15) is 45.2 Å². The topological polar surface area (TPSA) is 38.0 Å². The van der Waals surface area contributed by atoms with Gasteiger partial charge in [-0.05, 0) is 44.9 Å². The van der Waals surface area contributed by atoms with Crippen LogP contribution in [-0.2, 0) is 5.41 Å². The van der Waals surface area contributed by atoms with Gasteiger partial charge in [-0.15, -0.1) is 0 Å². The van der Waals surface area contributed by atoms with Crippen LogP contribution in [0.4, 0.5) is 0 Å². The summed E-state index contributed by atoms with van der Waals surface area (Å²) in [7, 11) is 0. The molecule has 0 aliphatic carbocycles. The average molecular weight is 248 g/mol.